The van der Waals surface area contributed by atoms with E-state index in [2.05, 4.69) is 13.8 Å². The summed E-state index contributed by atoms with van der Waals surface area (Å²) in [5.41, 5.74) is 1.58. The summed E-state index contributed by atoms with van der Waals surface area (Å²) in [7, 11) is 0. The molecule has 2 aliphatic rings. The van der Waals surface area contributed by atoms with Crippen LogP contribution in [0, 0.1) is 11.8 Å². The molecule has 1 nitrogen and oxygen atoms in total. The second-order valence-corrected chi connectivity index (χ2v) is 5.12. The van der Waals surface area contributed by atoms with Crippen molar-refractivity contribution in [1.29, 1.82) is 0 Å². The first-order chi connectivity index (χ1) is 6.81. The normalized spacial score (nSPS) is 37.6. The zero-order valence-corrected chi connectivity index (χ0v) is 9.63. The average Bonchev–Trinajstić information content (AvgIpc) is 2.18. The molecule has 1 saturated carbocycles. The molecule has 0 saturated heterocycles. The molecule has 0 aromatic carbocycles. The van der Waals surface area contributed by atoms with E-state index in [9.17, 15) is 0 Å². The number of aliphatic imine (C=N–C) groups is 1. The molecule has 2 rings (SSSR count). The lowest BCUT2D eigenvalue weighted by Crippen LogP contribution is -2.32. The molecule has 0 N–H and O–H groups in total. The Morgan fingerprint density at radius 3 is 2.93 bits per heavy atom. The van der Waals surface area contributed by atoms with Gasteiger partial charge in [-0.3, -0.25) is 4.99 Å². The molecule has 80 valence electrons. The zero-order valence-electron chi connectivity index (χ0n) is 9.63. The van der Waals surface area contributed by atoms with E-state index in [1.807, 2.05) is 0 Å². The average molecular weight is 193 g/mol. The van der Waals surface area contributed by atoms with Gasteiger partial charge in [0.25, 0.3) is 0 Å². The van der Waals surface area contributed by atoms with Gasteiger partial charge in [-0.05, 0) is 50.4 Å². The molecule has 1 fully saturated rings. The number of fused-ring (bicyclic) bond motifs is 1. The second-order valence-electron chi connectivity index (χ2n) is 5.12. The molecule has 0 bridgehead atoms. The number of hydrogen-bond acceptors (Lipinski definition) is 1. The lowest BCUT2D eigenvalue weighted by Gasteiger charge is -2.35. The standard InChI is InChI=1S/C13H23N/c1-3-5-11-8-9-12-10(2)6-4-7-13(12)14-11/h10-12H,3-9H2,1-2H3/t10-,11-,12-/m0/s1. The Morgan fingerprint density at radius 2 is 2.14 bits per heavy atom. The lowest BCUT2D eigenvalue weighted by molar-refractivity contribution is 0.325. The lowest BCUT2D eigenvalue weighted by atomic mass is 9.74. The number of hydrogen-bond donors (Lipinski definition) is 0. The van der Waals surface area contributed by atoms with E-state index in [0.29, 0.717) is 6.04 Å². The summed E-state index contributed by atoms with van der Waals surface area (Å²) < 4.78 is 0. The molecule has 3 atom stereocenters. The predicted octanol–water partition coefficient (Wildman–Crippen LogP) is 3.83. The van der Waals surface area contributed by atoms with E-state index in [1.165, 1.54) is 44.9 Å². The highest BCUT2D eigenvalue weighted by molar-refractivity contribution is 5.88. The van der Waals surface area contributed by atoms with E-state index >= 15 is 0 Å². The molecule has 1 aliphatic heterocycles. The molecule has 0 aromatic heterocycles. The van der Waals surface area contributed by atoms with Crippen LogP contribution in [0.2, 0.25) is 0 Å². The van der Waals surface area contributed by atoms with Crippen LogP contribution in [0.3, 0.4) is 0 Å². The molecule has 14 heavy (non-hydrogen) atoms. The molecule has 1 aliphatic carbocycles. The van der Waals surface area contributed by atoms with Gasteiger partial charge in [-0.1, -0.05) is 20.3 Å². The van der Waals surface area contributed by atoms with Crippen LogP contribution in [-0.4, -0.2) is 11.8 Å². The molecule has 1 heteroatoms. The van der Waals surface area contributed by atoms with Crippen LogP contribution < -0.4 is 0 Å². The first-order valence-electron chi connectivity index (χ1n) is 6.37. The maximum atomic E-state index is 4.96. The van der Waals surface area contributed by atoms with E-state index in [4.69, 9.17) is 4.99 Å². The van der Waals surface area contributed by atoms with Crippen LogP contribution in [-0.2, 0) is 0 Å². The highest BCUT2D eigenvalue weighted by Crippen LogP contribution is 2.35. The van der Waals surface area contributed by atoms with Crippen LogP contribution in [0.4, 0.5) is 0 Å². The number of rotatable bonds is 2. The van der Waals surface area contributed by atoms with Gasteiger partial charge in [0.15, 0.2) is 0 Å². The Hall–Kier alpha value is -0.330. The smallest absolute Gasteiger partial charge is 0.0499 e. The van der Waals surface area contributed by atoms with Gasteiger partial charge in [0.1, 0.15) is 0 Å². The van der Waals surface area contributed by atoms with E-state index in [1.54, 1.807) is 5.71 Å². The van der Waals surface area contributed by atoms with E-state index in [-0.39, 0.29) is 0 Å². The first-order valence-corrected chi connectivity index (χ1v) is 6.37. The van der Waals surface area contributed by atoms with Gasteiger partial charge >= 0.3 is 0 Å². The fraction of sp³-hybridized carbons (Fsp3) is 0.923. The van der Waals surface area contributed by atoms with Gasteiger partial charge in [-0.25, -0.2) is 0 Å². The maximum Gasteiger partial charge on any atom is 0.0499 e. The van der Waals surface area contributed by atoms with Gasteiger partial charge < -0.3 is 0 Å². The van der Waals surface area contributed by atoms with Crippen LogP contribution in [0.5, 0.6) is 0 Å². The molecule has 1 heterocycles. The van der Waals surface area contributed by atoms with Crippen LogP contribution >= 0.6 is 0 Å². The minimum Gasteiger partial charge on any atom is -0.291 e. The quantitative estimate of drug-likeness (QED) is 0.632. The van der Waals surface area contributed by atoms with Crippen molar-refractivity contribution in [2.75, 3.05) is 0 Å². The SMILES string of the molecule is CCC[C@H]1CC[C@@H]2C(=N1)CCC[C@@H]2C. The van der Waals surface area contributed by atoms with Crippen molar-refractivity contribution in [2.24, 2.45) is 16.8 Å². The van der Waals surface area contributed by atoms with Gasteiger partial charge in [0.2, 0.25) is 0 Å². The van der Waals surface area contributed by atoms with Crippen molar-refractivity contribution >= 4 is 5.71 Å². The summed E-state index contributed by atoms with van der Waals surface area (Å²) in [4.78, 5) is 4.96. The van der Waals surface area contributed by atoms with Crippen LogP contribution in [0.1, 0.15) is 58.8 Å². The third kappa shape index (κ3) is 2.02. The molecule has 0 amide bonds. The summed E-state index contributed by atoms with van der Waals surface area (Å²) in [6, 6.07) is 0.677. The molecule has 0 unspecified atom stereocenters. The van der Waals surface area contributed by atoms with Gasteiger partial charge in [0.05, 0.1) is 0 Å². The Morgan fingerprint density at radius 1 is 1.29 bits per heavy atom. The second kappa shape index (κ2) is 4.46. The summed E-state index contributed by atoms with van der Waals surface area (Å²) in [5.74, 6) is 1.77. The molecular weight excluding hydrogens is 170 g/mol. The van der Waals surface area contributed by atoms with Crippen molar-refractivity contribution in [1.82, 2.24) is 0 Å². The molecule has 0 spiro atoms. The Kier molecular flexibility index (Phi) is 3.25. The van der Waals surface area contributed by atoms with Crippen molar-refractivity contribution in [3.63, 3.8) is 0 Å². The van der Waals surface area contributed by atoms with Crippen LogP contribution in [0.15, 0.2) is 4.99 Å². The highest BCUT2D eigenvalue weighted by Gasteiger charge is 2.30. The van der Waals surface area contributed by atoms with Crippen molar-refractivity contribution in [3.8, 4) is 0 Å². The first kappa shape index (κ1) is 10.2. The van der Waals surface area contributed by atoms with Crippen LogP contribution in [0.25, 0.3) is 0 Å². The fourth-order valence-electron chi connectivity index (χ4n) is 3.14. The van der Waals surface area contributed by atoms with Crippen molar-refractivity contribution < 1.29 is 0 Å². The Balaban J connectivity index is 2.04. The minimum atomic E-state index is 0.677. The van der Waals surface area contributed by atoms with Crippen molar-refractivity contribution in [2.45, 2.75) is 64.8 Å². The predicted molar refractivity (Wildman–Crippen MR) is 61.9 cm³/mol. The van der Waals surface area contributed by atoms with E-state index < -0.39 is 0 Å². The highest BCUT2D eigenvalue weighted by atomic mass is 14.8. The molecular formula is C13H23N. The van der Waals surface area contributed by atoms with E-state index in [0.717, 1.165) is 11.8 Å². The summed E-state index contributed by atoms with van der Waals surface area (Å²) in [5, 5.41) is 0. The van der Waals surface area contributed by atoms with Crippen molar-refractivity contribution in [3.05, 3.63) is 0 Å². The topological polar surface area (TPSA) is 12.4 Å². The molecule has 0 radical (unpaired) electrons. The fourth-order valence-corrected chi connectivity index (χ4v) is 3.14. The largest absolute Gasteiger partial charge is 0.291 e. The minimum absolute atomic E-state index is 0.677. The van der Waals surface area contributed by atoms with Gasteiger partial charge in [-0.15, -0.1) is 0 Å². The summed E-state index contributed by atoms with van der Waals surface area (Å²) >= 11 is 0. The van der Waals surface area contributed by atoms with Gasteiger partial charge in [-0.2, -0.15) is 0 Å². The zero-order chi connectivity index (χ0) is 9.97. The monoisotopic (exact) mass is 193 g/mol. The van der Waals surface area contributed by atoms with Gasteiger partial charge in [0, 0.05) is 11.8 Å². The third-order valence-corrected chi connectivity index (χ3v) is 3.99. The Bertz CT molecular complexity index is 219. The number of nitrogens with zero attached hydrogens (tertiary/aromatic N) is 1. The molecule has 0 aromatic rings. The Labute approximate surface area is 88.0 Å². The summed E-state index contributed by atoms with van der Waals surface area (Å²) in [6.07, 6.45) is 9.50. The maximum absolute atomic E-state index is 4.96. The summed E-state index contributed by atoms with van der Waals surface area (Å²) in [6.45, 7) is 4.69. The third-order valence-electron chi connectivity index (χ3n) is 3.99.